The number of hydrogen-bond donors (Lipinski definition) is 0. The minimum atomic E-state index is 0.290. The molecule has 2 rings (SSSR count). The van der Waals surface area contributed by atoms with Gasteiger partial charge in [0.2, 0.25) is 0 Å². The highest BCUT2D eigenvalue weighted by Gasteiger charge is 2.20. The SMILES string of the molecule is Cc1nc([C@@H](C)N(C)Cc2c(C)noc2C)c(C)s1. The van der Waals surface area contributed by atoms with Gasteiger partial charge in [-0.25, -0.2) is 4.98 Å². The summed E-state index contributed by atoms with van der Waals surface area (Å²) in [7, 11) is 2.12. The Hall–Kier alpha value is -1.20. The summed E-state index contributed by atoms with van der Waals surface area (Å²) in [6.45, 7) is 11.2. The minimum absolute atomic E-state index is 0.290. The largest absolute Gasteiger partial charge is 0.361 e. The second-order valence-corrected chi connectivity index (χ2v) is 6.48. The van der Waals surface area contributed by atoms with Crippen molar-refractivity contribution in [3.05, 3.63) is 32.6 Å². The second kappa shape index (κ2) is 5.43. The van der Waals surface area contributed by atoms with Gasteiger partial charge < -0.3 is 4.52 Å². The Balaban J connectivity index is 2.16. The van der Waals surface area contributed by atoms with Crippen molar-refractivity contribution in [3.63, 3.8) is 0 Å². The van der Waals surface area contributed by atoms with Crippen LogP contribution in [0.1, 0.15) is 45.6 Å². The van der Waals surface area contributed by atoms with Crippen molar-refractivity contribution >= 4 is 11.3 Å². The molecule has 0 aliphatic carbocycles. The zero-order chi connectivity index (χ0) is 14.2. The lowest BCUT2D eigenvalue weighted by atomic mass is 10.1. The summed E-state index contributed by atoms with van der Waals surface area (Å²) in [5.74, 6) is 0.905. The molecule has 2 heterocycles. The smallest absolute Gasteiger partial charge is 0.138 e. The predicted octanol–water partition coefficient (Wildman–Crippen LogP) is 3.56. The molecule has 0 bridgehead atoms. The van der Waals surface area contributed by atoms with Gasteiger partial charge in [-0.1, -0.05) is 5.16 Å². The van der Waals surface area contributed by atoms with E-state index < -0.39 is 0 Å². The molecule has 5 heteroatoms. The summed E-state index contributed by atoms with van der Waals surface area (Å²) in [4.78, 5) is 8.23. The Morgan fingerprint density at radius 2 is 1.95 bits per heavy atom. The number of hydrogen-bond acceptors (Lipinski definition) is 5. The van der Waals surface area contributed by atoms with E-state index in [4.69, 9.17) is 4.52 Å². The summed E-state index contributed by atoms with van der Waals surface area (Å²) in [6, 6.07) is 0.290. The minimum Gasteiger partial charge on any atom is -0.361 e. The molecule has 19 heavy (non-hydrogen) atoms. The summed E-state index contributed by atoms with van der Waals surface area (Å²) in [5, 5.41) is 5.14. The van der Waals surface area contributed by atoms with E-state index in [2.05, 4.69) is 42.9 Å². The first-order valence-corrected chi connectivity index (χ1v) is 7.27. The van der Waals surface area contributed by atoms with Gasteiger partial charge in [0.25, 0.3) is 0 Å². The summed E-state index contributed by atoms with van der Waals surface area (Å²) in [5.41, 5.74) is 3.33. The molecule has 0 aliphatic heterocycles. The Labute approximate surface area is 118 Å². The van der Waals surface area contributed by atoms with Crippen LogP contribution in [0.25, 0.3) is 0 Å². The van der Waals surface area contributed by atoms with E-state index in [1.165, 1.54) is 16.1 Å². The quantitative estimate of drug-likeness (QED) is 0.858. The van der Waals surface area contributed by atoms with Gasteiger partial charge in [0.1, 0.15) is 5.76 Å². The molecule has 2 aromatic rings. The number of thiazole rings is 1. The maximum Gasteiger partial charge on any atom is 0.138 e. The number of aryl methyl sites for hydroxylation is 4. The summed E-state index contributed by atoms with van der Waals surface area (Å²) < 4.78 is 5.22. The first-order valence-electron chi connectivity index (χ1n) is 6.46. The van der Waals surface area contributed by atoms with Gasteiger partial charge in [-0.2, -0.15) is 0 Å². The van der Waals surface area contributed by atoms with Crippen molar-refractivity contribution in [1.82, 2.24) is 15.0 Å². The van der Waals surface area contributed by atoms with E-state index in [-0.39, 0.29) is 0 Å². The molecule has 0 unspecified atom stereocenters. The number of nitrogens with zero attached hydrogens (tertiary/aromatic N) is 3. The van der Waals surface area contributed by atoms with E-state index in [1.54, 1.807) is 11.3 Å². The second-order valence-electron chi connectivity index (χ2n) is 5.07. The Morgan fingerprint density at radius 3 is 2.42 bits per heavy atom. The molecule has 0 saturated carbocycles. The van der Waals surface area contributed by atoms with E-state index in [0.29, 0.717) is 6.04 Å². The highest BCUT2D eigenvalue weighted by Crippen LogP contribution is 2.27. The van der Waals surface area contributed by atoms with Gasteiger partial charge in [0.15, 0.2) is 0 Å². The first-order chi connectivity index (χ1) is 8.90. The van der Waals surface area contributed by atoms with Gasteiger partial charge >= 0.3 is 0 Å². The fourth-order valence-electron chi connectivity index (χ4n) is 2.26. The molecular formula is C14H21N3OS. The van der Waals surface area contributed by atoms with Crippen LogP contribution in [0.3, 0.4) is 0 Å². The van der Waals surface area contributed by atoms with Crippen molar-refractivity contribution in [3.8, 4) is 0 Å². The monoisotopic (exact) mass is 279 g/mol. The van der Waals surface area contributed by atoms with Crippen LogP contribution < -0.4 is 0 Å². The maximum absolute atomic E-state index is 5.22. The average molecular weight is 279 g/mol. The predicted molar refractivity (Wildman–Crippen MR) is 77.4 cm³/mol. The van der Waals surface area contributed by atoms with Crippen LogP contribution in [0.5, 0.6) is 0 Å². The van der Waals surface area contributed by atoms with Crippen LogP contribution in [-0.4, -0.2) is 22.1 Å². The molecule has 0 fully saturated rings. The summed E-state index contributed by atoms with van der Waals surface area (Å²) >= 11 is 1.76. The molecule has 1 atom stereocenters. The molecule has 2 aromatic heterocycles. The standard InChI is InChI=1S/C14H21N3OS/c1-8-13(10(3)18-16-8)7-17(6)9(2)14-11(4)19-12(5)15-14/h9H,7H2,1-6H3/t9-/m1/s1. The Bertz CT molecular complexity index is 554. The molecular weight excluding hydrogens is 258 g/mol. The zero-order valence-electron chi connectivity index (χ0n) is 12.4. The molecule has 0 aromatic carbocycles. The van der Waals surface area contributed by atoms with Gasteiger partial charge in [-0.15, -0.1) is 11.3 Å². The summed E-state index contributed by atoms with van der Waals surface area (Å²) in [6.07, 6.45) is 0. The van der Waals surface area contributed by atoms with Crippen molar-refractivity contribution < 1.29 is 4.52 Å². The van der Waals surface area contributed by atoms with E-state index in [9.17, 15) is 0 Å². The third-order valence-corrected chi connectivity index (χ3v) is 4.49. The van der Waals surface area contributed by atoms with Crippen molar-refractivity contribution in [2.45, 2.75) is 47.2 Å². The van der Waals surface area contributed by atoms with Gasteiger partial charge in [-0.3, -0.25) is 4.90 Å². The highest BCUT2D eigenvalue weighted by atomic mass is 32.1. The molecule has 4 nitrogen and oxygen atoms in total. The normalized spacial score (nSPS) is 13.2. The molecule has 0 radical (unpaired) electrons. The van der Waals surface area contributed by atoms with E-state index >= 15 is 0 Å². The average Bonchev–Trinajstić information content (AvgIpc) is 2.84. The van der Waals surface area contributed by atoms with E-state index in [0.717, 1.165) is 23.0 Å². The zero-order valence-corrected chi connectivity index (χ0v) is 13.3. The molecule has 0 N–H and O–H groups in total. The fraction of sp³-hybridized carbons (Fsp3) is 0.571. The van der Waals surface area contributed by atoms with Crippen LogP contribution in [0, 0.1) is 27.7 Å². The maximum atomic E-state index is 5.22. The molecule has 104 valence electrons. The van der Waals surface area contributed by atoms with Crippen molar-refractivity contribution in [2.75, 3.05) is 7.05 Å². The third kappa shape index (κ3) is 2.87. The first kappa shape index (κ1) is 14.2. The lowest BCUT2D eigenvalue weighted by Crippen LogP contribution is -2.23. The molecule has 0 saturated heterocycles. The van der Waals surface area contributed by atoms with Crippen LogP contribution in [-0.2, 0) is 6.54 Å². The lowest BCUT2D eigenvalue weighted by molar-refractivity contribution is 0.246. The van der Waals surface area contributed by atoms with Gasteiger partial charge in [-0.05, 0) is 41.7 Å². The Kier molecular flexibility index (Phi) is 4.06. The highest BCUT2D eigenvalue weighted by molar-refractivity contribution is 7.11. The lowest BCUT2D eigenvalue weighted by Gasteiger charge is -2.23. The van der Waals surface area contributed by atoms with Crippen molar-refractivity contribution in [2.24, 2.45) is 0 Å². The number of rotatable bonds is 4. The fourth-order valence-corrected chi connectivity index (χ4v) is 3.16. The van der Waals surface area contributed by atoms with Crippen LogP contribution >= 0.6 is 11.3 Å². The van der Waals surface area contributed by atoms with Gasteiger partial charge in [0, 0.05) is 17.0 Å². The topological polar surface area (TPSA) is 42.2 Å². The molecule has 0 amide bonds. The van der Waals surface area contributed by atoms with Gasteiger partial charge in [0.05, 0.1) is 22.4 Å². The van der Waals surface area contributed by atoms with Crippen LogP contribution in [0.4, 0.5) is 0 Å². The third-order valence-electron chi connectivity index (χ3n) is 3.59. The van der Waals surface area contributed by atoms with Crippen molar-refractivity contribution in [1.29, 1.82) is 0 Å². The Morgan fingerprint density at radius 1 is 1.26 bits per heavy atom. The molecule has 0 spiro atoms. The van der Waals surface area contributed by atoms with Crippen LogP contribution in [0.15, 0.2) is 4.52 Å². The van der Waals surface area contributed by atoms with E-state index in [1.807, 2.05) is 13.8 Å². The number of aromatic nitrogens is 2. The molecule has 0 aliphatic rings. The van der Waals surface area contributed by atoms with Crippen LogP contribution in [0.2, 0.25) is 0 Å².